The smallest absolute Gasteiger partial charge is 0.127 e. The van der Waals surface area contributed by atoms with Crippen LogP contribution in [-0.2, 0) is 6.54 Å². The van der Waals surface area contributed by atoms with E-state index in [1.807, 2.05) is 12.1 Å². The summed E-state index contributed by atoms with van der Waals surface area (Å²) in [7, 11) is 0. The molecule has 1 aromatic carbocycles. The number of quaternary nitrogens is 2. The molecule has 1 heterocycles. The molecule has 3 N–H and O–H groups in total. The van der Waals surface area contributed by atoms with Gasteiger partial charge in [0, 0.05) is 5.56 Å². The molecule has 1 aliphatic heterocycles. The number of nitriles is 1. The number of benzene rings is 1. The Hall–Kier alpha value is -1.37. The Morgan fingerprint density at radius 3 is 2.47 bits per heavy atom. The maximum Gasteiger partial charge on any atom is 0.127 e. The molecule has 0 saturated carbocycles. The molecule has 0 atom stereocenters. The molecule has 3 heteroatoms. The van der Waals surface area contributed by atoms with Gasteiger partial charge in [0.15, 0.2) is 0 Å². The summed E-state index contributed by atoms with van der Waals surface area (Å²) in [6.45, 7) is 6.08. The maximum atomic E-state index is 8.69. The lowest BCUT2D eigenvalue weighted by atomic mass is 10.1. The van der Waals surface area contributed by atoms with Crippen molar-refractivity contribution in [2.24, 2.45) is 0 Å². The second kappa shape index (κ2) is 4.92. The Kier molecular flexibility index (Phi) is 3.33. The van der Waals surface area contributed by atoms with Gasteiger partial charge in [-0.05, 0) is 12.1 Å². The second-order valence-corrected chi connectivity index (χ2v) is 4.10. The normalized spacial score (nSPS) is 17.3. The number of nitrogens with one attached hydrogen (secondary N) is 1. The van der Waals surface area contributed by atoms with Crippen LogP contribution in [0.1, 0.15) is 11.1 Å². The van der Waals surface area contributed by atoms with Crippen molar-refractivity contribution in [1.29, 1.82) is 5.26 Å². The lowest BCUT2D eigenvalue weighted by Crippen LogP contribution is -3.19. The zero-order valence-electron chi connectivity index (χ0n) is 8.87. The first kappa shape index (κ1) is 10.2. The monoisotopic (exact) mass is 203 g/mol. The number of rotatable bonds is 2. The molecule has 0 amide bonds. The maximum absolute atomic E-state index is 8.69. The number of hydrogen-bond acceptors (Lipinski definition) is 1. The highest BCUT2D eigenvalue weighted by Gasteiger charge is 2.15. The van der Waals surface area contributed by atoms with Gasteiger partial charge in [0.05, 0.1) is 11.6 Å². The number of nitrogens with two attached hydrogens (primary N) is 1. The highest BCUT2D eigenvalue weighted by Crippen LogP contribution is 2.01. The Balaban J connectivity index is 1.95. The average Bonchev–Trinajstić information content (AvgIpc) is 2.31. The van der Waals surface area contributed by atoms with Crippen LogP contribution in [0.3, 0.4) is 0 Å². The molecule has 78 valence electrons. The van der Waals surface area contributed by atoms with Crippen LogP contribution < -0.4 is 10.2 Å². The minimum Gasteiger partial charge on any atom is -0.337 e. The van der Waals surface area contributed by atoms with Gasteiger partial charge in [-0.25, -0.2) is 0 Å². The second-order valence-electron chi connectivity index (χ2n) is 4.10. The molecule has 1 aromatic rings. The lowest BCUT2D eigenvalue weighted by molar-refractivity contribution is -0.958. The van der Waals surface area contributed by atoms with Crippen molar-refractivity contribution < 1.29 is 10.2 Å². The fourth-order valence-electron chi connectivity index (χ4n) is 2.04. The van der Waals surface area contributed by atoms with Gasteiger partial charge in [0.25, 0.3) is 0 Å². The zero-order valence-corrected chi connectivity index (χ0v) is 8.87. The van der Waals surface area contributed by atoms with Gasteiger partial charge in [0.1, 0.15) is 32.7 Å². The number of piperazine rings is 1. The van der Waals surface area contributed by atoms with Crippen LogP contribution in [0.25, 0.3) is 0 Å². The molecule has 1 aliphatic rings. The summed E-state index contributed by atoms with van der Waals surface area (Å²) >= 11 is 0. The molecule has 15 heavy (non-hydrogen) atoms. The van der Waals surface area contributed by atoms with Crippen LogP contribution in [0, 0.1) is 11.3 Å². The largest absolute Gasteiger partial charge is 0.337 e. The van der Waals surface area contributed by atoms with E-state index >= 15 is 0 Å². The van der Waals surface area contributed by atoms with E-state index in [-0.39, 0.29) is 0 Å². The lowest BCUT2D eigenvalue weighted by Gasteiger charge is -2.22. The topological polar surface area (TPSA) is 44.8 Å². The predicted molar refractivity (Wildman–Crippen MR) is 57.2 cm³/mol. The molecule has 0 aromatic heterocycles. The van der Waals surface area contributed by atoms with Crippen molar-refractivity contribution in [3.05, 3.63) is 35.4 Å². The summed E-state index contributed by atoms with van der Waals surface area (Å²) in [5.74, 6) is 0. The Bertz CT molecular complexity index is 344. The molecule has 2 rings (SSSR count). The van der Waals surface area contributed by atoms with Crippen molar-refractivity contribution in [3.8, 4) is 6.07 Å². The van der Waals surface area contributed by atoms with Crippen molar-refractivity contribution in [2.45, 2.75) is 6.54 Å². The fourth-order valence-corrected chi connectivity index (χ4v) is 2.04. The Labute approximate surface area is 90.3 Å². The summed E-state index contributed by atoms with van der Waals surface area (Å²) in [4.78, 5) is 1.65. The molecule has 0 aliphatic carbocycles. The van der Waals surface area contributed by atoms with E-state index in [1.165, 1.54) is 31.7 Å². The predicted octanol–water partition coefficient (Wildman–Crippen LogP) is -1.48. The minimum atomic E-state index is 0.751. The number of hydrogen-bond donors (Lipinski definition) is 2. The number of nitrogens with zero attached hydrogens (tertiary/aromatic N) is 1. The first-order chi connectivity index (χ1) is 7.38. The van der Waals surface area contributed by atoms with E-state index in [9.17, 15) is 0 Å². The van der Waals surface area contributed by atoms with Crippen LogP contribution in [-0.4, -0.2) is 26.2 Å². The highest BCUT2D eigenvalue weighted by molar-refractivity contribution is 5.31. The first-order valence-electron chi connectivity index (χ1n) is 5.53. The van der Waals surface area contributed by atoms with Crippen LogP contribution in [0.2, 0.25) is 0 Å². The van der Waals surface area contributed by atoms with Crippen LogP contribution in [0.5, 0.6) is 0 Å². The third kappa shape index (κ3) is 2.79. The Morgan fingerprint density at radius 2 is 1.87 bits per heavy atom. The van der Waals surface area contributed by atoms with E-state index in [2.05, 4.69) is 23.5 Å². The van der Waals surface area contributed by atoms with E-state index in [1.54, 1.807) is 4.90 Å². The standard InChI is InChI=1S/C12H15N3/c13-9-11-1-3-12(4-2-11)10-15-7-5-14-6-8-15/h1-4,14H,5-8,10H2/p+2. The van der Waals surface area contributed by atoms with Crippen LogP contribution >= 0.6 is 0 Å². The summed E-state index contributed by atoms with van der Waals surface area (Å²) in [5, 5.41) is 11.1. The summed E-state index contributed by atoms with van der Waals surface area (Å²) in [5.41, 5.74) is 2.09. The van der Waals surface area contributed by atoms with Crippen molar-refractivity contribution in [3.63, 3.8) is 0 Å². The van der Waals surface area contributed by atoms with Gasteiger partial charge in [-0.2, -0.15) is 5.26 Å². The van der Waals surface area contributed by atoms with E-state index in [4.69, 9.17) is 5.26 Å². The quantitative estimate of drug-likeness (QED) is 0.605. The van der Waals surface area contributed by atoms with Crippen molar-refractivity contribution >= 4 is 0 Å². The third-order valence-corrected chi connectivity index (χ3v) is 2.94. The molecular weight excluding hydrogens is 186 g/mol. The van der Waals surface area contributed by atoms with E-state index < -0.39 is 0 Å². The van der Waals surface area contributed by atoms with Crippen LogP contribution in [0.15, 0.2) is 24.3 Å². The van der Waals surface area contributed by atoms with Crippen LogP contribution in [0.4, 0.5) is 0 Å². The summed E-state index contributed by atoms with van der Waals surface area (Å²) in [6, 6.07) is 10.1. The summed E-state index contributed by atoms with van der Waals surface area (Å²) in [6.07, 6.45) is 0. The summed E-state index contributed by atoms with van der Waals surface area (Å²) < 4.78 is 0. The first-order valence-corrected chi connectivity index (χ1v) is 5.53. The van der Waals surface area contributed by atoms with Gasteiger partial charge in [0.2, 0.25) is 0 Å². The van der Waals surface area contributed by atoms with Gasteiger partial charge < -0.3 is 10.2 Å². The van der Waals surface area contributed by atoms with Gasteiger partial charge in [-0.1, -0.05) is 12.1 Å². The molecular formula is C12H17N3+2. The SMILES string of the molecule is N#Cc1ccc(C[NH+]2CC[NH2+]CC2)cc1. The molecule has 0 unspecified atom stereocenters. The van der Waals surface area contributed by atoms with Gasteiger partial charge in [-0.3, -0.25) is 0 Å². The Morgan fingerprint density at radius 1 is 1.20 bits per heavy atom. The molecule has 0 radical (unpaired) electrons. The molecule has 1 fully saturated rings. The van der Waals surface area contributed by atoms with Crippen molar-refractivity contribution in [1.82, 2.24) is 0 Å². The molecule has 0 spiro atoms. The fraction of sp³-hybridized carbons (Fsp3) is 0.417. The third-order valence-electron chi connectivity index (χ3n) is 2.94. The molecule has 0 bridgehead atoms. The average molecular weight is 203 g/mol. The van der Waals surface area contributed by atoms with Gasteiger partial charge >= 0.3 is 0 Å². The highest BCUT2D eigenvalue weighted by atomic mass is 15.2. The molecule has 1 saturated heterocycles. The van der Waals surface area contributed by atoms with E-state index in [0.717, 1.165) is 12.1 Å². The molecule has 3 nitrogen and oxygen atoms in total. The van der Waals surface area contributed by atoms with E-state index in [0.29, 0.717) is 0 Å². The van der Waals surface area contributed by atoms with Crippen molar-refractivity contribution in [2.75, 3.05) is 26.2 Å². The van der Waals surface area contributed by atoms with Gasteiger partial charge in [-0.15, -0.1) is 0 Å². The minimum absolute atomic E-state index is 0.751. The zero-order chi connectivity index (χ0) is 10.5.